The van der Waals surface area contributed by atoms with Gasteiger partial charge in [-0.3, -0.25) is 0 Å². The minimum absolute atomic E-state index is 0.0406. The van der Waals surface area contributed by atoms with Crippen LogP contribution in [0.1, 0.15) is 6.42 Å². The van der Waals surface area contributed by atoms with Gasteiger partial charge in [0, 0.05) is 12.2 Å². The van der Waals surface area contributed by atoms with E-state index in [1.165, 1.54) is 6.33 Å². The van der Waals surface area contributed by atoms with E-state index in [0.29, 0.717) is 12.2 Å². The van der Waals surface area contributed by atoms with Crippen molar-refractivity contribution in [3.8, 4) is 0 Å². The van der Waals surface area contributed by atoms with Gasteiger partial charge in [0.05, 0.1) is 16.0 Å². The maximum Gasteiger partial charge on any atom is 0.152 e. The standard InChI is InChI=1S/C8H10BrN3O2S/c9-7-3-10-5-11-8(7)12-6-1-2-15(13,14)4-6/h3,5-6H,1-2,4H2,(H,10,11,12). The van der Waals surface area contributed by atoms with E-state index in [-0.39, 0.29) is 17.5 Å². The average Bonchev–Trinajstić information content (AvgIpc) is 2.50. The van der Waals surface area contributed by atoms with Crippen molar-refractivity contribution >= 4 is 31.6 Å². The molecule has 0 bridgehead atoms. The van der Waals surface area contributed by atoms with Gasteiger partial charge in [0.15, 0.2) is 9.84 Å². The molecule has 2 heterocycles. The highest BCUT2D eigenvalue weighted by molar-refractivity contribution is 9.10. The summed E-state index contributed by atoms with van der Waals surface area (Å²) >= 11 is 3.30. The maximum atomic E-state index is 11.2. The molecule has 1 fully saturated rings. The average molecular weight is 292 g/mol. The summed E-state index contributed by atoms with van der Waals surface area (Å²) in [5.74, 6) is 1.09. The van der Waals surface area contributed by atoms with Crippen LogP contribution >= 0.6 is 15.9 Å². The van der Waals surface area contributed by atoms with Crippen LogP contribution in [0.15, 0.2) is 17.0 Å². The number of anilines is 1. The van der Waals surface area contributed by atoms with Crippen molar-refractivity contribution < 1.29 is 8.42 Å². The highest BCUT2D eigenvalue weighted by Crippen LogP contribution is 2.21. The van der Waals surface area contributed by atoms with E-state index in [2.05, 4.69) is 31.2 Å². The molecule has 0 spiro atoms. The molecule has 0 aliphatic carbocycles. The molecule has 1 aliphatic rings. The largest absolute Gasteiger partial charge is 0.365 e. The quantitative estimate of drug-likeness (QED) is 0.874. The van der Waals surface area contributed by atoms with Gasteiger partial charge in [0.2, 0.25) is 0 Å². The fraction of sp³-hybridized carbons (Fsp3) is 0.500. The summed E-state index contributed by atoms with van der Waals surface area (Å²) in [6.07, 6.45) is 3.69. The molecular weight excluding hydrogens is 282 g/mol. The van der Waals surface area contributed by atoms with E-state index < -0.39 is 9.84 Å². The van der Waals surface area contributed by atoms with Gasteiger partial charge < -0.3 is 5.32 Å². The second-order valence-corrected chi connectivity index (χ2v) is 6.55. The first kappa shape index (κ1) is 10.8. The minimum atomic E-state index is -2.85. The normalized spacial score (nSPS) is 23.9. The Labute approximate surface area is 96.4 Å². The zero-order valence-corrected chi connectivity index (χ0v) is 10.3. The summed E-state index contributed by atoms with van der Waals surface area (Å²) in [7, 11) is -2.85. The second kappa shape index (κ2) is 4.05. The fourth-order valence-corrected chi connectivity index (χ4v) is 3.53. The van der Waals surface area contributed by atoms with Crippen LogP contribution in [0.5, 0.6) is 0 Å². The molecule has 7 heteroatoms. The maximum absolute atomic E-state index is 11.2. The monoisotopic (exact) mass is 291 g/mol. The first-order valence-electron chi connectivity index (χ1n) is 4.49. The third-order valence-electron chi connectivity index (χ3n) is 2.24. The van der Waals surface area contributed by atoms with E-state index in [9.17, 15) is 8.42 Å². The van der Waals surface area contributed by atoms with Crippen LogP contribution in [-0.4, -0.2) is 35.9 Å². The number of aromatic nitrogens is 2. The van der Waals surface area contributed by atoms with Crippen LogP contribution in [0, 0.1) is 0 Å². The molecule has 15 heavy (non-hydrogen) atoms. The minimum Gasteiger partial charge on any atom is -0.365 e. The third kappa shape index (κ3) is 2.66. The Morgan fingerprint density at radius 2 is 2.33 bits per heavy atom. The summed E-state index contributed by atoms with van der Waals surface area (Å²) in [4.78, 5) is 7.86. The Balaban J connectivity index is 2.08. The Morgan fingerprint density at radius 3 is 2.93 bits per heavy atom. The molecule has 2 rings (SSSR count). The van der Waals surface area contributed by atoms with E-state index in [1.807, 2.05) is 0 Å². The predicted molar refractivity (Wildman–Crippen MR) is 60.4 cm³/mol. The molecule has 1 N–H and O–H groups in total. The number of hydrogen-bond acceptors (Lipinski definition) is 5. The fourth-order valence-electron chi connectivity index (χ4n) is 1.52. The molecule has 1 aliphatic heterocycles. The van der Waals surface area contributed by atoms with Crippen LogP contribution in [0.2, 0.25) is 0 Å². The predicted octanol–water partition coefficient (Wildman–Crippen LogP) is 0.838. The molecule has 0 amide bonds. The Kier molecular flexibility index (Phi) is 2.92. The summed E-state index contributed by atoms with van der Waals surface area (Å²) in [5, 5.41) is 3.09. The van der Waals surface area contributed by atoms with Crippen molar-refractivity contribution in [2.45, 2.75) is 12.5 Å². The summed E-state index contributed by atoms with van der Waals surface area (Å²) in [6.45, 7) is 0. The van der Waals surface area contributed by atoms with Gasteiger partial charge in [-0.1, -0.05) is 0 Å². The van der Waals surface area contributed by atoms with Gasteiger partial charge in [-0.2, -0.15) is 0 Å². The Hall–Kier alpha value is -0.690. The van der Waals surface area contributed by atoms with Crippen molar-refractivity contribution in [2.24, 2.45) is 0 Å². The van der Waals surface area contributed by atoms with Gasteiger partial charge >= 0.3 is 0 Å². The zero-order chi connectivity index (χ0) is 10.9. The van der Waals surface area contributed by atoms with Crippen LogP contribution in [0.3, 0.4) is 0 Å². The van der Waals surface area contributed by atoms with Crippen molar-refractivity contribution in [1.29, 1.82) is 0 Å². The second-order valence-electron chi connectivity index (χ2n) is 3.46. The molecule has 0 saturated carbocycles. The number of nitrogens with zero attached hydrogens (tertiary/aromatic N) is 2. The number of hydrogen-bond donors (Lipinski definition) is 1. The molecule has 82 valence electrons. The molecule has 1 atom stereocenters. The molecule has 0 radical (unpaired) electrons. The highest BCUT2D eigenvalue weighted by atomic mass is 79.9. The molecule has 1 aromatic rings. The molecule has 1 aromatic heterocycles. The number of rotatable bonds is 2. The first-order chi connectivity index (χ1) is 7.07. The molecular formula is C8H10BrN3O2S. The van der Waals surface area contributed by atoms with Crippen molar-refractivity contribution in [3.63, 3.8) is 0 Å². The molecule has 1 unspecified atom stereocenters. The lowest BCUT2D eigenvalue weighted by Gasteiger charge is -2.11. The topological polar surface area (TPSA) is 72.0 Å². The smallest absolute Gasteiger partial charge is 0.152 e. The molecule has 0 aromatic carbocycles. The van der Waals surface area contributed by atoms with E-state index in [0.717, 1.165) is 4.47 Å². The number of nitrogens with one attached hydrogen (secondary N) is 1. The van der Waals surface area contributed by atoms with Crippen molar-refractivity contribution in [1.82, 2.24) is 9.97 Å². The van der Waals surface area contributed by atoms with Crippen molar-refractivity contribution in [3.05, 3.63) is 17.0 Å². The lowest BCUT2D eigenvalue weighted by molar-refractivity contribution is 0.602. The van der Waals surface area contributed by atoms with Gasteiger partial charge in [0.1, 0.15) is 12.1 Å². The van der Waals surface area contributed by atoms with E-state index in [1.54, 1.807) is 6.20 Å². The van der Waals surface area contributed by atoms with Crippen LogP contribution in [0.25, 0.3) is 0 Å². The Bertz CT molecular complexity index is 463. The summed E-state index contributed by atoms with van der Waals surface area (Å²) in [6, 6.07) is -0.0406. The zero-order valence-electron chi connectivity index (χ0n) is 7.85. The van der Waals surface area contributed by atoms with Crippen LogP contribution in [0.4, 0.5) is 5.82 Å². The number of halogens is 1. The lowest BCUT2D eigenvalue weighted by atomic mass is 10.2. The van der Waals surface area contributed by atoms with Gasteiger partial charge in [-0.25, -0.2) is 18.4 Å². The van der Waals surface area contributed by atoms with Gasteiger partial charge in [0.25, 0.3) is 0 Å². The molecule has 5 nitrogen and oxygen atoms in total. The third-order valence-corrected chi connectivity index (χ3v) is 4.59. The highest BCUT2D eigenvalue weighted by Gasteiger charge is 2.28. The van der Waals surface area contributed by atoms with E-state index in [4.69, 9.17) is 0 Å². The van der Waals surface area contributed by atoms with Gasteiger partial charge in [-0.15, -0.1) is 0 Å². The lowest BCUT2D eigenvalue weighted by Crippen LogP contribution is -2.21. The summed E-state index contributed by atoms with van der Waals surface area (Å²) < 4.78 is 23.2. The molecule has 1 saturated heterocycles. The summed E-state index contributed by atoms with van der Waals surface area (Å²) in [5.41, 5.74) is 0. The van der Waals surface area contributed by atoms with Crippen LogP contribution < -0.4 is 5.32 Å². The first-order valence-corrected chi connectivity index (χ1v) is 7.11. The van der Waals surface area contributed by atoms with E-state index >= 15 is 0 Å². The Morgan fingerprint density at radius 1 is 1.53 bits per heavy atom. The van der Waals surface area contributed by atoms with Crippen molar-refractivity contribution in [2.75, 3.05) is 16.8 Å². The number of sulfone groups is 1. The van der Waals surface area contributed by atoms with Gasteiger partial charge in [-0.05, 0) is 22.4 Å². The SMILES string of the molecule is O=S1(=O)CCC(Nc2ncncc2Br)C1. The van der Waals surface area contributed by atoms with Crippen LogP contribution in [-0.2, 0) is 9.84 Å².